The van der Waals surface area contributed by atoms with Crippen molar-refractivity contribution < 1.29 is 0 Å². The zero-order valence-electron chi connectivity index (χ0n) is 16.2. The lowest BCUT2D eigenvalue weighted by atomic mass is 10.0. The number of unbranched alkanes of at least 4 members (excludes halogenated alkanes) is 2. The molecule has 0 spiro atoms. The standard InChI is InChI=1S/C20H28N2.C2H6/c1-5-6-8-13-22(17(2)3)14-9-7-10-20-15-19(16-21)12-11-18(20)4;1-2/h8,11-13,15H,2,5-7,9-10,14H2,1,3-4H3;1-2H3/b13-8-;. The Balaban J connectivity index is 0.00000254. The highest BCUT2D eigenvalue weighted by molar-refractivity contribution is 5.37. The van der Waals surface area contributed by atoms with E-state index in [4.69, 9.17) is 5.26 Å². The number of rotatable bonds is 9. The van der Waals surface area contributed by atoms with Gasteiger partial charge in [-0.2, -0.15) is 5.26 Å². The molecule has 0 unspecified atom stereocenters. The molecule has 0 aliphatic carbocycles. The first-order valence-electron chi connectivity index (χ1n) is 9.17. The second-order valence-electron chi connectivity index (χ2n) is 5.81. The van der Waals surface area contributed by atoms with Crippen LogP contribution in [0.2, 0.25) is 0 Å². The van der Waals surface area contributed by atoms with E-state index in [0.29, 0.717) is 0 Å². The third-order valence-corrected chi connectivity index (χ3v) is 3.80. The molecule has 0 saturated heterocycles. The van der Waals surface area contributed by atoms with Crippen molar-refractivity contribution in [2.75, 3.05) is 6.54 Å². The van der Waals surface area contributed by atoms with Crippen LogP contribution in [0.15, 0.2) is 42.8 Å². The van der Waals surface area contributed by atoms with Gasteiger partial charge in [-0.25, -0.2) is 0 Å². The summed E-state index contributed by atoms with van der Waals surface area (Å²) >= 11 is 0. The Labute approximate surface area is 149 Å². The molecule has 24 heavy (non-hydrogen) atoms. The van der Waals surface area contributed by atoms with E-state index in [-0.39, 0.29) is 0 Å². The largest absolute Gasteiger partial charge is 0.353 e. The van der Waals surface area contributed by atoms with Crippen LogP contribution in [0.5, 0.6) is 0 Å². The van der Waals surface area contributed by atoms with Gasteiger partial charge in [-0.15, -0.1) is 0 Å². The van der Waals surface area contributed by atoms with Gasteiger partial charge in [-0.1, -0.05) is 45.9 Å². The van der Waals surface area contributed by atoms with Crippen molar-refractivity contribution in [1.82, 2.24) is 4.90 Å². The minimum atomic E-state index is 0.756. The van der Waals surface area contributed by atoms with Crippen LogP contribution in [0, 0.1) is 18.3 Å². The molecule has 2 nitrogen and oxygen atoms in total. The summed E-state index contributed by atoms with van der Waals surface area (Å²) in [7, 11) is 0. The van der Waals surface area contributed by atoms with Crippen LogP contribution >= 0.6 is 0 Å². The number of allylic oxidation sites excluding steroid dienone is 2. The summed E-state index contributed by atoms with van der Waals surface area (Å²) in [4.78, 5) is 2.23. The van der Waals surface area contributed by atoms with E-state index in [0.717, 1.165) is 43.5 Å². The Morgan fingerprint density at radius 3 is 2.58 bits per heavy atom. The average Bonchev–Trinajstić information content (AvgIpc) is 2.60. The van der Waals surface area contributed by atoms with Crippen molar-refractivity contribution >= 4 is 0 Å². The summed E-state index contributed by atoms with van der Waals surface area (Å²) in [5.41, 5.74) is 4.42. The SMILES string of the molecule is C=C(C)N(/C=C\CCC)CCCCc1cc(C#N)ccc1C.CC. The van der Waals surface area contributed by atoms with Gasteiger partial charge in [0, 0.05) is 12.2 Å². The van der Waals surface area contributed by atoms with Gasteiger partial charge in [0.1, 0.15) is 0 Å². The van der Waals surface area contributed by atoms with Crippen molar-refractivity contribution in [3.8, 4) is 6.07 Å². The summed E-state index contributed by atoms with van der Waals surface area (Å²) < 4.78 is 0. The molecule has 0 radical (unpaired) electrons. The Morgan fingerprint density at radius 2 is 2.00 bits per heavy atom. The Bertz CT molecular complexity index is 550. The summed E-state index contributed by atoms with van der Waals surface area (Å²) in [6.07, 6.45) is 9.95. The molecule has 0 heterocycles. The molecule has 0 aromatic heterocycles. The molecule has 0 N–H and O–H groups in total. The maximum atomic E-state index is 8.99. The van der Waals surface area contributed by atoms with Crippen molar-refractivity contribution in [2.24, 2.45) is 0 Å². The molecule has 2 heteroatoms. The first-order valence-corrected chi connectivity index (χ1v) is 9.17. The molecular weight excluding hydrogens is 292 g/mol. The second kappa shape index (κ2) is 13.4. The van der Waals surface area contributed by atoms with Crippen LogP contribution in [0.4, 0.5) is 0 Å². The number of hydrogen-bond acceptors (Lipinski definition) is 2. The Kier molecular flexibility index (Phi) is 12.3. The van der Waals surface area contributed by atoms with Gasteiger partial charge in [0.05, 0.1) is 11.6 Å². The minimum absolute atomic E-state index is 0.756. The monoisotopic (exact) mass is 326 g/mol. The fraction of sp³-hybridized carbons (Fsp3) is 0.500. The fourth-order valence-electron chi connectivity index (χ4n) is 2.37. The van der Waals surface area contributed by atoms with Crippen molar-refractivity contribution in [3.63, 3.8) is 0 Å². The van der Waals surface area contributed by atoms with E-state index in [1.165, 1.54) is 17.5 Å². The highest BCUT2D eigenvalue weighted by Crippen LogP contribution is 2.14. The minimum Gasteiger partial charge on any atom is -0.353 e. The van der Waals surface area contributed by atoms with Crippen molar-refractivity contribution in [1.29, 1.82) is 5.26 Å². The second-order valence-corrected chi connectivity index (χ2v) is 5.81. The quantitative estimate of drug-likeness (QED) is 0.493. The third kappa shape index (κ3) is 8.58. The Morgan fingerprint density at radius 1 is 1.29 bits per heavy atom. The zero-order chi connectivity index (χ0) is 18.4. The van der Waals surface area contributed by atoms with Crippen molar-refractivity contribution in [3.05, 3.63) is 59.4 Å². The van der Waals surface area contributed by atoms with Crippen LogP contribution in [-0.4, -0.2) is 11.4 Å². The summed E-state index contributed by atoms with van der Waals surface area (Å²) in [6, 6.07) is 8.17. The number of hydrogen-bond donors (Lipinski definition) is 0. The Hall–Kier alpha value is -2.01. The van der Waals surface area contributed by atoms with E-state index in [1.807, 2.05) is 32.0 Å². The number of benzene rings is 1. The third-order valence-electron chi connectivity index (χ3n) is 3.80. The van der Waals surface area contributed by atoms with Crippen LogP contribution in [-0.2, 0) is 6.42 Å². The summed E-state index contributed by atoms with van der Waals surface area (Å²) in [6.45, 7) is 15.4. The first kappa shape index (κ1) is 22.0. The fourth-order valence-corrected chi connectivity index (χ4v) is 2.37. The van der Waals surface area contributed by atoms with Crippen LogP contribution < -0.4 is 0 Å². The molecule has 1 rings (SSSR count). The molecule has 0 atom stereocenters. The lowest BCUT2D eigenvalue weighted by Gasteiger charge is -2.20. The van der Waals surface area contributed by atoms with Gasteiger partial charge in [-0.3, -0.25) is 0 Å². The van der Waals surface area contributed by atoms with Gasteiger partial charge in [0.25, 0.3) is 0 Å². The summed E-state index contributed by atoms with van der Waals surface area (Å²) in [5, 5.41) is 8.99. The number of aryl methyl sites for hydroxylation is 2. The van der Waals surface area contributed by atoms with Crippen LogP contribution in [0.1, 0.15) is 70.1 Å². The predicted octanol–water partition coefficient (Wildman–Crippen LogP) is 6.37. The molecule has 0 saturated carbocycles. The molecule has 132 valence electrons. The van der Waals surface area contributed by atoms with Gasteiger partial charge >= 0.3 is 0 Å². The normalized spacial score (nSPS) is 10.0. The molecule has 0 aliphatic heterocycles. The molecule has 0 bridgehead atoms. The van der Waals surface area contributed by atoms with Crippen molar-refractivity contribution in [2.45, 2.75) is 66.7 Å². The summed E-state index contributed by atoms with van der Waals surface area (Å²) in [5.74, 6) is 0. The molecule has 0 amide bonds. The van der Waals surface area contributed by atoms with E-state index in [2.05, 4.69) is 50.6 Å². The van der Waals surface area contributed by atoms with E-state index in [1.54, 1.807) is 0 Å². The highest BCUT2D eigenvalue weighted by atomic mass is 15.1. The highest BCUT2D eigenvalue weighted by Gasteiger charge is 2.03. The maximum Gasteiger partial charge on any atom is 0.0991 e. The van der Waals surface area contributed by atoms with Crippen LogP contribution in [0.3, 0.4) is 0 Å². The smallest absolute Gasteiger partial charge is 0.0991 e. The van der Waals surface area contributed by atoms with Gasteiger partial charge < -0.3 is 4.90 Å². The molecule has 1 aromatic rings. The number of nitriles is 1. The first-order chi connectivity index (χ1) is 11.6. The van der Waals surface area contributed by atoms with E-state index >= 15 is 0 Å². The lowest BCUT2D eigenvalue weighted by Crippen LogP contribution is -2.15. The zero-order valence-corrected chi connectivity index (χ0v) is 16.2. The molecule has 0 aliphatic rings. The van der Waals surface area contributed by atoms with E-state index in [9.17, 15) is 0 Å². The average molecular weight is 327 g/mol. The maximum absolute atomic E-state index is 8.99. The topological polar surface area (TPSA) is 27.0 Å². The van der Waals surface area contributed by atoms with Crippen LogP contribution in [0.25, 0.3) is 0 Å². The molecular formula is C22H34N2. The molecule has 0 fully saturated rings. The lowest BCUT2D eigenvalue weighted by molar-refractivity contribution is 0.444. The number of nitrogens with zero attached hydrogens (tertiary/aromatic N) is 2. The predicted molar refractivity (Wildman–Crippen MR) is 106 cm³/mol. The molecule has 1 aromatic carbocycles. The van der Waals surface area contributed by atoms with Gasteiger partial charge in [0.15, 0.2) is 0 Å². The van der Waals surface area contributed by atoms with E-state index < -0.39 is 0 Å². The van der Waals surface area contributed by atoms with Gasteiger partial charge in [-0.05, 0) is 69.0 Å². The van der Waals surface area contributed by atoms with Gasteiger partial charge in [0.2, 0.25) is 0 Å².